The third-order valence-electron chi connectivity index (χ3n) is 4.24. The van der Waals surface area contributed by atoms with E-state index in [0.29, 0.717) is 6.54 Å². The predicted octanol–water partition coefficient (Wildman–Crippen LogP) is 1.21. The highest BCUT2D eigenvalue weighted by Gasteiger charge is 2.29. The van der Waals surface area contributed by atoms with Gasteiger partial charge < -0.3 is 4.90 Å². The molecule has 120 valence electrons. The van der Waals surface area contributed by atoms with Crippen molar-refractivity contribution in [2.75, 3.05) is 6.54 Å². The molecule has 6 nitrogen and oxygen atoms in total. The Kier molecular flexibility index (Phi) is 4.14. The molecule has 0 unspecified atom stereocenters. The Labute approximate surface area is 133 Å². The van der Waals surface area contributed by atoms with Crippen LogP contribution in [0.5, 0.6) is 0 Å². The van der Waals surface area contributed by atoms with Crippen LogP contribution in [0.2, 0.25) is 0 Å². The van der Waals surface area contributed by atoms with E-state index in [-0.39, 0.29) is 18.5 Å². The van der Waals surface area contributed by atoms with Crippen LogP contribution >= 0.6 is 0 Å². The number of likely N-dealkylation sites (tertiary alicyclic amines) is 1. The molecular formula is C17H19N3O3. The summed E-state index contributed by atoms with van der Waals surface area (Å²) in [4.78, 5) is 39.4. The lowest BCUT2D eigenvalue weighted by molar-refractivity contribution is -0.132. The Balaban J connectivity index is 1.79. The lowest BCUT2D eigenvalue weighted by atomic mass is 10.0. The Morgan fingerprint density at radius 2 is 1.96 bits per heavy atom. The molecule has 23 heavy (non-hydrogen) atoms. The number of amides is 1. The molecule has 1 N–H and O–H groups in total. The fourth-order valence-electron chi connectivity index (χ4n) is 3.01. The maximum Gasteiger partial charge on any atom is 0.328 e. The second-order valence-corrected chi connectivity index (χ2v) is 5.89. The van der Waals surface area contributed by atoms with Crippen LogP contribution in [-0.4, -0.2) is 26.9 Å². The molecule has 0 aliphatic carbocycles. The van der Waals surface area contributed by atoms with Crippen molar-refractivity contribution in [1.29, 1.82) is 0 Å². The highest BCUT2D eigenvalue weighted by atomic mass is 16.2. The van der Waals surface area contributed by atoms with Gasteiger partial charge in [0.05, 0.1) is 6.04 Å². The quantitative estimate of drug-likeness (QED) is 0.925. The third kappa shape index (κ3) is 3.26. The Bertz CT molecular complexity index is 820. The minimum atomic E-state index is -0.558. The summed E-state index contributed by atoms with van der Waals surface area (Å²) in [5, 5.41) is 0. The molecule has 1 amide bonds. The molecule has 0 bridgehead atoms. The topological polar surface area (TPSA) is 75.2 Å². The van der Waals surface area contributed by atoms with Gasteiger partial charge in [-0.15, -0.1) is 0 Å². The van der Waals surface area contributed by atoms with E-state index in [1.165, 1.54) is 22.4 Å². The van der Waals surface area contributed by atoms with Gasteiger partial charge in [0.2, 0.25) is 5.91 Å². The molecule has 1 atom stereocenters. The van der Waals surface area contributed by atoms with Gasteiger partial charge in [-0.05, 0) is 25.3 Å². The van der Waals surface area contributed by atoms with Crippen LogP contribution in [-0.2, 0) is 11.3 Å². The van der Waals surface area contributed by atoms with Crippen LogP contribution in [0, 0.1) is 6.92 Å². The van der Waals surface area contributed by atoms with E-state index in [1.807, 2.05) is 24.0 Å². The molecule has 1 aliphatic heterocycles. The van der Waals surface area contributed by atoms with Crippen molar-refractivity contribution in [1.82, 2.24) is 14.5 Å². The molecule has 1 saturated heterocycles. The highest BCUT2D eigenvalue weighted by molar-refractivity contribution is 5.76. The number of nitrogens with one attached hydrogen (secondary N) is 1. The molecule has 2 aromatic rings. The summed E-state index contributed by atoms with van der Waals surface area (Å²) in [5.41, 5.74) is 1.29. The van der Waals surface area contributed by atoms with Gasteiger partial charge >= 0.3 is 5.69 Å². The largest absolute Gasteiger partial charge is 0.334 e. The first-order valence-corrected chi connectivity index (χ1v) is 7.70. The standard InChI is InChI=1S/C17H19N3O3/c1-12-4-6-13(7-5-12)14-3-2-9-20(14)16(22)11-19-10-8-15(21)18-17(19)23/h4-8,10,14H,2-3,9,11H2,1H3,(H,18,21,23)/t14-/m0/s1. The first kappa shape index (κ1) is 15.3. The minimum absolute atomic E-state index is 0.0570. The maximum atomic E-state index is 12.6. The average molecular weight is 313 g/mol. The Morgan fingerprint density at radius 3 is 2.65 bits per heavy atom. The van der Waals surface area contributed by atoms with Gasteiger partial charge in [0, 0.05) is 18.8 Å². The fourth-order valence-corrected chi connectivity index (χ4v) is 3.01. The average Bonchev–Trinajstić information content (AvgIpc) is 3.00. The number of benzene rings is 1. The first-order chi connectivity index (χ1) is 11.0. The number of hydrogen-bond donors (Lipinski definition) is 1. The van der Waals surface area contributed by atoms with Crippen molar-refractivity contribution < 1.29 is 4.79 Å². The van der Waals surface area contributed by atoms with Gasteiger partial charge in [0.1, 0.15) is 6.54 Å². The summed E-state index contributed by atoms with van der Waals surface area (Å²) in [5.74, 6) is -0.109. The highest BCUT2D eigenvalue weighted by Crippen LogP contribution is 2.32. The second kappa shape index (κ2) is 6.24. The Hall–Kier alpha value is -2.63. The van der Waals surface area contributed by atoms with Crippen molar-refractivity contribution in [3.05, 3.63) is 68.5 Å². The van der Waals surface area contributed by atoms with Crippen LogP contribution in [0.3, 0.4) is 0 Å². The van der Waals surface area contributed by atoms with E-state index in [9.17, 15) is 14.4 Å². The van der Waals surface area contributed by atoms with Crippen LogP contribution in [0.1, 0.15) is 30.0 Å². The molecule has 0 saturated carbocycles. The number of rotatable bonds is 3. The fraction of sp³-hybridized carbons (Fsp3) is 0.353. The van der Waals surface area contributed by atoms with E-state index in [2.05, 4.69) is 17.1 Å². The Morgan fingerprint density at radius 1 is 1.22 bits per heavy atom. The molecule has 1 fully saturated rings. The minimum Gasteiger partial charge on any atom is -0.334 e. The van der Waals surface area contributed by atoms with Crippen molar-refractivity contribution >= 4 is 5.91 Å². The number of aryl methyl sites for hydroxylation is 1. The SMILES string of the molecule is Cc1ccc([C@@H]2CCCN2C(=O)Cn2ccc(=O)[nH]c2=O)cc1. The van der Waals surface area contributed by atoms with Crippen molar-refractivity contribution in [2.24, 2.45) is 0 Å². The van der Waals surface area contributed by atoms with Crippen molar-refractivity contribution in [2.45, 2.75) is 32.4 Å². The number of hydrogen-bond acceptors (Lipinski definition) is 3. The molecular weight excluding hydrogens is 294 g/mol. The zero-order chi connectivity index (χ0) is 16.4. The summed E-state index contributed by atoms with van der Waals surface area (Å²) >= 11 is 0. The summed E-state index contributed by atoms with van der Waals surface area (Å²) in [6.45, 7) is 2.66. The van der Waals surface area contributed by atoms with Gasteiger partial charge in [-0.1, -0.05) is 29.8 Å². The third-order valence-corrected chi connectivity index (χ3v) is 4.24. The maximum absolute atomic E-state index is 12.6. The van der Waals surface area contributed by atoms with E-state index in [0.717, 1.165) is 18.4 Å². The molecule has 6 heteroatoms. The number of carbonyl (C=O) groups is 1. The molecule has 1 aromatic heterocycles. The first-order valence-electron chi connectivity index (χ1n) is 7.70. The molecule has 0 spiro atoms. The zero-order valence-electron chi connectivity index (χ0n) is 13.0. The van der Waals surface area contributed by atoms with E-state index >= 15 is 0 Å². The van der Waals surface area contributed by atoms with Crippen LogP contribution in [0.25, 0.3) is 0 Å². The molecule has 1 aromatic carbocycles. The number of carbonyl (C=O) groups excluding carboxylic acids is 1. The van der Waals surface area contributed by atoms with Gasteiger partial charge in [-0.25, -0.2) is 4.79 Å². The van der Waals surface area contributed by atoms with Crippen LogP contribution in [0.15, 0.2) is 46.1 Å². The number of H-pyrrole nitrogens is 1. The van der Waals surface area contributed by atoms with E-state index in [4.69, 9.17) is 0 Å². The van der Waals surface area contributed by atoms with E-state index in [1.54, 1.807) is 0 Å². The van der Waals surface area contributed by atoms with Gasteiger partial charge in [-0.2, -0.15) is 0 Å². The van der Waals surface area contributed by atoms with Crippen molar-refractivity contribution in [3.63, 3.8) is 0 Å². The van der Waals surface area contributed by atoms with Gasteiger partial charge in [0.25, 0.3) is 5.56 Å². The zero-order valence-corrected chi connectivity index (χ0v) is 13.0. The monoisotopic (exact) mass is 313 g/mol. The lowest BCUT2D eigenvalue weighted by Gasteiger charge is -2.25. The van der Waals surface area contributed by atoms with E-state index < -0.39 is 11.2 Å². The normalized spacial score (nSPS) is 17.4. The summed E-state index contributed by atoms with van der Waals surface area (Å²) in [6, 6.07) is 9.50. The lowest BCUT2D eigenvalue weighted by Crippen LogP contribution is -2.38. The van der Waals surface area contributed by atoms with Gasteiger partial charge in [-0.3, -0.25) is 19.1 Å². The number of aromatic nitrogens is 2. The van der Waals surface area contributed by atoms with Gasteiger partial charge in [0.15, 0.2) is 0 Å². The second-order valence-electron chi connectivity index (χ2n) is 5.89. The van der Waals surface area contributed by atoms with Crippen molar-refractivity contribution in [3.8, 4) is 0 Å². The number of aromatic amines is 1. The number of nitrogens with zero attached hydrogens (tertiary/aromatic N) is 2. The summed E-state index contributed by atoms with van der Waals surface area (Å²) in [6.07, 6.45) is 3.23. The molecule has 2 heterocycles. The van der Waals surface area contributed by atoms with Crippen LogP contribution in [0.4, 0.5) is 0 Å². The van der Waals surface area contributed by atoms with Crippen LogP contribution < -0.4 is 11.2 Å². The molecule has 1 aliphatic rings. The smallest absolute Gasteiger partial charge is 0.328 e. The molecule has 0 radical (unpaired) electrons. The molecule has 3 rings (SSSR count). The predicted molar refractivity (Wildman–Crippen MR) is 86.2 cm³/mol. The summed E-state index contributed by atoms with van der Waals surface area (Å²) < 4.78 is 1.23. The summed E-state index contributed by atoms with van der Waals surface area (Å²) in [7, 11) is 0.